The Hall–Kier alpha value is -1.19. The standard InChI is InChI=1S/C15H16FNS/c1-10-13(6-7-18-10)14-8-11(2-5-15(14)16)9-17-12-3-4-12/h2,5-8,12,17H,3-4,9H2,1H3. The number of aryl methyl sites for hydroxylation is 1. The van der Waals surface area contributed by atoms with Gasteiger partial charge >= 0.3 is 0 Å². The lowest BCUT2D eigenvalue weighted by Gasteiger charge is -2.07. The molecule has 1 nitrogen and oxygen atoms in total. The molecule has 1 saturated carbocycles. The fourth-order valence-corrected chi connectivity index (χ4v) is 2.82. The van der Waals surface area contributed by atoms with Gasteiger partial charge in [0.25, 0.3) is 0 Å². The van der Waals surface area contributed by atoms with Crippen molar-refractivity contribution in [2.45, 2.75) is 32.4 Å². The molecular weight excluding hydrogens is 245 g/mol. The van der Waals surface area contributed by atoms with Crippen LogP contribution in [0, 0.1) is 12.7 Å². The van der Waals surface area contributed by atoms with E-state index in [9.17, 15) is 4.39 Å². The summed E-state index contributed by atoms with van der Waals surface area (Å²) in [6.45, 7) is 2.87. The van der Waals surface area contributed by atoms with Gasteiger partial charge in [-0.25, -0.2) is 4.39 Å². The molecule has 2 aromatic rings. The van der Waals surface area contributed by atoms with E-state index in [4.69, 9.17) is 0 Å². The SMILES string of the molecule is Cc1sccc1-c1cc(CNC2CC2)ccc1F. The summed E-state index contributed by atoms with van der Waals surface area (Å²) < 4.78 is 13.9. The van der Waals surface area contributed by atoms with Crippen LogP contribution in [0.4, 0.5) is 4.39 Å². The molecule has 0 saturated heterocycles. The van der Waals surface area contributed by atoms with E-state index < -0.39 is 0 Å². The molecule has 0 radical (unpaired) electrons. The Balaban J connectivity index is 1.87. The van der Waals surface area contributed by atoms with Crippen molar-refractivity contribution in [3.05, 3.63) is 45.9 Å². The van der Waals surface area contributed by atoms with Gasteiger partial charge in [0.1, 0.15) is 5.82 Å². The van der Waals surface area contributed by atoms with E-state index in [1.165, 1.54) is 17.7 Å². The molecule has 1 aliphatic rings. The summed E-state index contributed by atoms with van der Waals surface area (Å²) in [6.07, 6.45) is 2.55. The van der Waals surface area contributed by atoms with Gasteiger partial charge in [0.15, 0.2) is 0 Å². The zero-order valence-corrected chi connectivity index (χ0v) is 11.2. The van der Waals surface area contributed by atoms with Crippen molar-refractivity contribution in [1.82, 2.24) is 5.32 Å². The van der Waals surface area contributed by atoms with Gasteiger partial charge in [0.2, 0.25) is 0 Å². The lowest BCUT2D eigenvalue weighted by molar-refractivity contribution is 0.628. The molecule has 3 heteroatoms. The Morgan fingerprint density at radius 3 is 2.78 bits per heavy atom. The van der Waals surface area contributed by atoms with Crippen LogP contribution in [0.3, 0.4) is 0 Å². The third kappa shape index (κ3) is 2.47. The molecule has 1 aromatic heterocycles. The van der Waals surface area contributed by atoms with Gasteiger partial charge in [-0.3, -0.25) is 0 Å². The molecule has 1 heterocycles. The van der Waals surface area contributed by atoms with Gasteiger partial charge in [-0.05, 0) is 54.5 Å². The van der Waals surface area contributed by atoms with E-state index in [0.29, 0.717) is 6.04 Å². The first kappa shape index (κ1) is 11.9. The van der Waals surface area contributed by atoms with Crippen LogP contribution in [0.25, 0.3) is 11.1 Å². The van der Waals surface area contributed by atoms with Crippen LogP contribution in [0.15, 0.2) is 29.6 Å². The first-order chi connectivity index (χ1) is 8.74. The van der Waals surface area contributed by atoms with Crippen molar-refractivity contribution in [2.75, 3.05) is 0 Å². The van der Waals surface area contributed by atoms with E-state index in [1.807, 2.05) is 30.5 Å². The highest BCUT2D eigenvalue weighted by Gasteiger charge is 2.20. The lowest BCUT2D eigenvalue weighted by atomic mass is 10.0. The predicted molar refractivity (Wildman–Crippen MR) is 74.3 cm³/mol. The predicted octanol–water partition coefficient (Wildman–Crippen LogP) is 4.11. The molecule has 18 heavy (non-hydrogen) atoms. The molecule has 1 N–H and O–H groups in total. The smallest absolute Gasteiger partial charge is 0.131 e. The van der Waals surface area contributed by atoms with Crippen LogP contribution in [-0.2, 0) is 6.54 Å². The molecule has 94 valence electrons. The number of rotatable bonds is 4. The largest absolute Gasteiger partial charge is 0.310 e. The van der Waals surface area contributed by atoms with Gasteiger partial charge in [-0.2, -0.15) is 0 Å². The van der Waals surface area contributed by atoms with E-state index in [2.05, 4.69) is 5.32 Å². The van der Waals surface area contributed by atoms with Gasteiger partial charge in [0, 0.05) is 23.0 Å². The first-order valence-electron chi connectivity index (χ1n) is 6.30. The van der Waals surface area contributed by atoms with Crippen molar-refractivity contribution >= 4 is 11.3 Å². The maximum Gasteiger partial charge on any atom is 0.131 e. The average molecular weight is 261 g/mol. The molecule has 3 rings (SSSR count). The number of thiophene rings is 1. The summed E-state index contributed by atoms with van der Waals surface area (Å²) in [5, 5.41) is 5.47. The van der Waals surface area contributed by atoms with Crippen molar-refractivity contribution < 1.29 is 4.39 Å². The summed E-state index contributed by atoms with van der Waals surface area (Å²) in [5.74, 6) is -0.133. The minimum absolute atomic E-state index is 0.133. The Labute approximate surface area is 111 Å². The molecular formula is C15H16FNS. The van der Waals surface area contributed by atoms with E-state index >= 15 is 0 Å². The van der Waals surface area contributed by atoms with Crippen LogP contribution >= 0.6 is 11.3 Å². The van der Waals surface area contributed by atoms with E-state index in [0.717, 1.165) is 23.2 Å². The first-order valence-corrected chi connectivity index (χ1v) is 7.18. The quantitative estimate of drug-likeness (QED) is 0.873. The monoisotopic (exact) mass is 261 g/mol. The maximum absolute atomic E-state index is 13.9. The summed E-state index contributed by atoms with van der Waals surface area (Å²) in [4.78, 5) is 1.17. The molecule has 0 bridgehead atoms. The van der Waals surface area contributed by atoms with Crippen molar-refractivity contribution in [1.29, 1.82) is 0 Å². The second kappa shape index (κ2) is 4.82. The number of nitrogens with one attached hydrogen (secondary N) is 1. The Morgan fingerprint density at radius 2 is 2.11 bits per heavy atom. The molecule has 0 atom stereocenters. The summed E-state index contributed by atoms with van der Waals surface area (Å²) in [6, 6.07) is 8.10. The summed E-state index contributed by atoms with van der Waals surface area (Å²) in [7, 11) is 0. The average Bonchev–Trinajstić information content (AvgIpc) is 3.10. The van der Waals surface area contributed by atoms with Crippen LogP contribution in [-0.4, -0.2) is 6.04 Å². The molecule has 1 fully saturated rings. The minimum atomic E-state index is -0.133. The van der Waals surface area contributed by atoms with Crippen LogP contribution in [0.2, 0.25) is 0 Å². The topological polar surface area (TPSA) is 12.0 Å². The number of benzene rings is 1. The summed E-state index contributed by atoms with van der Waals surface area (Å²) >= 11 is 1.66. The maximum atomic E-state index is 13.9. The number of hydrogen-bond donors (Lipinski definition) is 1. The third-order valence-electron chi connectivity index (χ3n) is 3.35. The second-order valence-electron chi connectivity index (χ2n) is 4.86. The number of halogens is 1. The normalized spacial score (nSPS) is 15.0. The highest BCUT2D eigenvalue weighted by molar-refractivity contribution is 7.10. The van der Waals surface area contributed by atoms with Gasteiger partial charge in [-0.15, -0.1) is 11.3 Å². The highest BCUT2D eigenvalue weighted by atomic mass is 32.1. The van der Waals surface area contributed by atoms with Crippen LogP contribution < -0.4 is 5.32 Å². The minimum Gasteiger partial charge on any atom is -0.310 e. The van der Waals surface area contributed by atoms with Crippen molar-refractivity contribution in [3.8, 4) is 11.1 Å². The fraction of sp³-hybridized carbons (Fsp3) is 0.333. The molecule has 0 spiro atoms. The van der Waals surface area contributed by atoms with E-state index in [-0.39, 0.29) is 5.82 Å². The van der Waals surface area contributed by atoms with Crippen LogP contribution in [0.1, 0.15) is 23.3 Å². The molecule has 1 aromatic carbocycles. The molecule has 0 aliphatic heterocycles. The van der Waals surface area contributed by atoms with Gasteiger partial charge in [0.05, 0.1) is 0 Å². The molecule has 0 amide bonds. The van der Waals surface area contributed by atoms with Crippen LogP contribution in [0.5, 0.6) is 0 Å². The Kier molecular flexibility index (Phi) is 3.18. The highest BCUT2D eigenvalue weighted by Crippen LogP contribution is 2.30. The van der Waals surface area contributed by atoms with Crippen molar-refractivity contribution in [2.24, 2.45) is 0 Å². The summed E-state index contributed by atoms with van der Waals surface area (Å²) in [5.41, 5.74) is 2.90. The van der Waals surface area contributed by atoms with Gasteiger partial charge in [-0.1, -0.05) is 6.07 Å². The number of hydrogen-bond acceptors (Lipinski definition) is 2. The Bertz CT molecular complexity index is 557. The van der Waals surface area contributed by atoms with Gasteiger partial charge < -0.3 is 5.32 Å². The fourth-order valence-electron chi connectivity index (χ4n) is 2.10. The lowest BCUT2D eigenvalue weighted by Crippen LogP contribution is -2.15. The zero-order chi connectivity index (χ0) is 12.5. The second-order valence-corrected chi connectivity index (χ2v) is 5.98. The Morgan fingerprint density at radius 1 is 1.28 bits per heavy atom. The molecule has 1 aliphatic carbocycles. The van der Waals surface area contributed by atoms with E-state index in [1.54, 1.807) is 17.4 Å². The van der Waals surface area contributed by atoms with Crippen molar-refractivity contribution in [3.63, 3.8) is 0 Å². The zero-order valence-electron chi connectivity index (χ0n) is 10.4. The molecule has 0 unspecified atom stereocenters. The third-order valence-corrected chi connectivity index (χ3v) is 4.20.